The first-order valence-electron chi connectivity index (χ1n) is 5.89. The molecule has 1 aromatic heterocycles. The summed E-state index contributed by atoms with van der Waals surface area (Å²) in [6.07, 6.45) is 1.54. The Hall–Kier alpha value is -2.00. The van der Waals surface area contributed by atoms with E-state index in [4.69, 9.17) is 14.7 Å². The van der Waals surface area contributed by atoms with Crippen LogP contribution in [0.25, 0.3) is 0 Å². The van der Waals surface area contributed by atoms with Crippen LogP contribution in [0.4, 0.5) is 5.69 Å². The van der Waals surface area contributed by atoms with Crippen LogP contribution in [0.1, 0.15) is 23.0 Å². The van der Waals surface area contributed by atoms with E-state index in [-0.39, 0.29) is 0 Å². The van der Waals surface area contributed by atoms with Crippen molar-refractivity contribution in [2.45, 2.75) is 6.92 Å². The minimum atomic E-state index is -0.430. The fourth-order valence-corrected chi connectivity index (χ4v) is 1.98. The SMILES string of the molecule is CCOC(=O)c1[nH]cc(C#N)c1N1CCOCC1. The van der Waals surface area contributed by atoms with Crippen molar-refractivity contribution in [3.05, 3.63) is 17.5 Å². The standard InChI is InChI=1S/C12H15N3O3/c1-2-18-12(16)10-11(9(7-13)8-14-10)15-3-5-17-6-4-15/h8,14H,2-6H2,1H3. The fourth-order valence-electron chi connectivity index (χ4n) is 1.98. The van der Waals surface area contributed by atoms with Crippen LogP contribution in [0.3, 0.4) is 0 Å². The van der Waals surface area contributed by atoms with Crippen molar-refractivity contribution in [3.63, 3.8) is 0 Å². The van der Waals surface area contributed by atoms with Crippen molar-refractivity contribution in [2.24, 2.45) is 0 Å². The Bertz CT molecular complexity index is 469. The Kier molecular flexibility index (Phi) is 3.85. The van der Waals surface area contributed by atoms with Gasteiger partial charge in [0.2, 0.25) is 0 Å². The quantitative estimate of drug-likeness (QED) is 0.805. The molecule has 0 bridgehead atoms. The molecule has 0 radical (unpaired) electrons. The summed E-state index contributed by atoms with van der Waals surface area (Å²) in [4.78, 5) is 16.6. The van der Waals surface area contributed by atoms with E-state index in [1.165, 1.54) is 6.20 Å². The van der Waals surface area contributed by atoms with Gasteiger partial charge in [-0.1, -0.05) is 0 Å². The topological polar surface area (TPSA) is 78.3 Å². The number of morpholine rings is 1. The first kappa shape index (κ1) is 12.5. The van der Waals surface area contributed by atoms with Crippen LogP contribution in [0.15, 0.2) is 6.20 Å². The van der Waals surface area contributed by atoms with E-state index in [1.807, 2.05) is 4.90 Å². The number of nitrogens with zero attached hydrogens (tertiary/aromatic N) is 2. The minimum absolute atomic E-state index is 0.308. The van der Waals surface area contributed by atoms with E-state index in [2.05, 4.69) is 11.1 Å². The maximum absolute atomic E-state index is 11.8. The average Bonchev–Trinajstić information content (AvgIpc) is 2.83. The molecule has 0 unspecified atom stereocenters. The summed E-state index contributed by atoms with van der Waals surface area (Å²) in [6, 6.07) is 2.09. The van der Waals surface area contributed by atoms with E-state index in [1.54, 1.807) is 6.92 Å². The number of aromatic amines is 1. The lowest BCUT2D eigenvalue weighted by molar-refractivity contribution is 0.0520. The number of carbonyl (C=O) groups excluding carboxylic acids is 1. The van der Waals surface area contributed by atoms with Crippen LogP contribution in [0, 0.1) is 11.3 Å². The number of H-pyrrole nitrogens is 1. The van der Waals surface area contributed by atoms with Crippen molar-refractivity contribution < 1.29 is 14.3 Å². The molecular weight excluding hydrogens is 234 g/mol. The van der Waals surface area contributed by atoms with Gasteiger partial charge in [-0.15, -0.1) is 0 Å². The van der Waals surface area contributed by atoms with Gasteiger partial charge < -0.3 is 19.4 Å². The maximum Gasteiger partial charge on any atom is 0.356 e. The molecule has 6 heteroatoms. The number of hydrogen-bond donors (Lipinski definition) is 1. The Balaban J connectivity index is 2.33. The second-order valence-corrected chi connectivity index (χ2v) is 3.86. The predicted octanol–water partition coefficient (Wildman–Crippen LogP) is 0.900. The van der Waals surface area contributed by atoms with Gasteiger partial charge in [0.25, 0.3) is 0 Å². The first-order chi connectivity index (χ1) is 8.77. The summed E-state index contributed by atoms with van der Waals surface area (Å²) in [5.74, 6) is -0.430. The molecule has 18 heavy (non-hydrogen) atoms. The van der Waals surface area contributed by atoms with E-state index in [0.29, 0.717) is 49.9 Å². The van der Waals surface area contributed by atoms with Crippen LogP contribution < -0.4 is 4.90 Å². The highest BCUT2D eigenvalue weighted by Crippen LogP contribution is 2.26. The van der Waals surface area contributed by atoms with Gasteiger partial charge >= 0.3 is 5.97 Å². The molecule has 1 fully saturated rings. The molecule has 0 aliphatic carbocycles. The molecule has 0 spiro atoms. The van der Waals surface area contributed by atoms with E-state index in [0.717, 1.165) is 0 Å². The van der Waals surface area contributed by atoms with Gasteiger partial charge in [-0.3, -0.25) is 0 Å². The van der Waals surface area contributed by atoms with Crippen molar-refractivity contribution in [2.75, 3.05) is 37.8 Å². The van der Waals surface area contributed by atoms with Crippen LogP contribution in [0.5, 0.6) is 0 Å². The Morgan fingerprint density at radius 3 is 2.94 bits per heavy atom. The molecule has 2 rings (SSSR count). The normalized spacial score (nSPS) is 15.2. The summed E-state index contributed by atoms with van der Waals surface area (Å²) >= 11 is 0. The summed E-state index contributed by atoms with van der Waals surface area (Å²) in [7, 11) is 0. The van der Waals surface area contributed by atoms with Gasteiger partial charge in [0.15, 0.2) is 0 Å². The number of rotatable bonds is 3. The third-order valence-corrected chi connectivity index (χ3v) is 2.78. The Morgan fingerprint density at radius 2 is 2.33 bits per heavy atom. The molecule has 0 aromatic carbocycles. The van der Waals surface area contributed by atoms with Gasteiger partial charge in [-0.05, 0) is 6.92 Å². The molecular formula is C12H15N3O3. The second-order valence-electron chi connectivity index (χ2n) is 3.86. The Labute approximate surface area is 105 Å². The highest BCUT2D eigenvalue weighted by atomic mass is 16.5. The average molecular weight is 249 g/mol. The zero-order chi connectivity index (χ0) is 13.0. The van der Waals surface area contributed by atoms with Crippen LogP contribution in [0.2, 0.25) is 0 Å². The number of carbonyl (C=O) groups is 1. The largest absolute Gasteiger partial charge is 0.461 e. The Morgan fingerprint density at radius 1 is 1.61 bits per heavy atom. The molecule has 1 aromatic rings. The van der Waals surface area contributed by atoms with E-state index >= 15 is 0 Å². The third kappa shape index (κ3) is 2.31. The molecule has 1 N–H and O–H groups in total. The van der Waals surface area contributed by atoms with Gasteiger partial charge in [-0.2, -0.15) is 5.26 Å². The molecule has 6 nitrogen and oxygen atoms in total. The molecule has 0 amide bonds. The molecule has 1 saturated heterocycles. The van der Waals surface area contributed by atoms with Gasteiger partial charge in [0.05, 0.1) is 31.1 Å². The van der Waals surface area contributed by atoms with Crippen molar-refractivity contribution in [1.82, 2.24) is 4.98 Å². The highest BCUT2D eigenvalue weighted by molar-refractivity contribution is 5.95. The van der Waals surface area contributed by atoms with Crippen LogP contribution >= 0.6 is 0 Å². The number of ether oxygens (including phenoxy) is 2. The number of nitriles is 1. The molecule has 1 aliphatic rings. The second kappa shape index (κ2) is 5.56. The van der Waals surface area contributed by atoms with E-state index < -0.39 is 5.97 Å². The monoisotopic (exact) mass is 249 g/mol. The summed E-state index contributed by atoms with van der Waals surface area (Å²) < 4.78 is 10.2. The minimum Gasteiger partial charge on any atom is -0.461 e. The lowest BCUT2D eigenvalue weighted by Crippen LogP contribution is -2.37. The van der Waals surface area contributed by atoms with Crippen LogP contribution in [-0.2, 0) is 9.47 Å². The molecule has 0 saturated carbocycles. The smallest absolute Gasteiger partial charge is 0.356 e. The van der Waals surface area contributed by atoms with Gasteiger partial charge in [-0.25, -0.2) is 4.79 Å². The molecule has 1 aliphatic heterocycles. The van der Waals surface area contributed by atoms with E-state index in [9.17, 15) is 4.79 Å². The fraction of sp³-hybridized carbons (Fsp3) is 0.500. The van der Waals surface area contributed by atoms with Crippen LogP contribution in [-0.4, -0.2) is 43.9 Å². The number of aromatic nitrogens is 1. The first-order valence-corrected chi connectivity index (χ1v) is 5.89. The predicted molar refractivity (Wildman–Crippen MR) is 64.5 cm³/mol. The lowest BCUT2D eigenvalue weighted by Gasteiger charge is -2.28. The zero-order valence-electron chi connectivity index (χ0n) is 10.2. The summed E-state index contributed by atoms with van der Waals surface area (Å²) in [5.41, 5.74) is 1.43. The lowest BCUT2D eigenvalue weighted by atomic mass is 10.2. The number of hydrogen-bond acceptors (Lipinski definition) is 5. The third-order valence-electron chi connectivity index (χ3n) is 2.78. The number of nitrogens with one attached hydrogen (secondary N) is 1. The molecule has 2 heterocycles. The van der Waals surface area contributed by atoms with Crippen molar-refractivity contribution >= 4 is 11.7 Å². The number of anilines is 1. The molecule has 0 atom stereocenters. The zero-order valence-corrected chi connectivity index (χ0v) is 10.2. The van der Waals surface area contributed by atoms with Crippen molar-refractivity contribution in [3.8, 4) is 6.07 Å². The summed E-state index contributed by atoms with van der Waals surface area (Å²) in [6.45, 7) is 4.58. The maximum atomic E-state index is 11.8. The highest BCUT2D eigenvalue weighted by Gasteiger charge is 2.24. The summed E-state index contributed by atoms with van der Waals surface area (Å²) in [5, 5.41) is 9.09. The molecule has 96 valence electrons. The van der Waals surface area contributed by atoms with Gasteiger partial charge in [0, 0.05) is 19.3 Å². The van der Waals surface area contributed by atoms with Gasteiger partial charge in [0.1, 0.15) is 11.8 Å². The van der Waals surface area contributed by atoms with Crippen molar-refractivity contribution in [1.29, 1.82) is 5.26 Å². The number of esters is 1.